The molecule has 0 fully saturated rings. The molecule has 1 nitrogen and oxygen atoms in total. The SMILES string of the molecule is Cc1ccc(NCc2ccc(C)c([B-](F)(F)F)c2)cc1.[K+]. The molecule has 0 atom stereocenters. The summed E-state index contributed by atoms with van der Waals surface area (Å²) in [6.07, 6.45) is 0. The Kier molecular flexibility index (Phi) is 7.00. The van der Waals surface area contributed by atoms with Gasteiger partial charge in [0, 0.05) is 12.2 Å². The Labute approximate surface area is 165 Å². The smallest absolute Gasteiger partial charge is 0.445 e. The van der Waals surface area contributed by atoms with Crippen molar-refractivity contribution in [3.63, 3.8) is 0 Å². The van der Waals surface area contributed by atoms with E-state index in [-0.39, 0.29) is 56.9 Å². The Bertz CT molecular complexity index is 597. The van der Waals surface area contributed by atoms with E-state index in [1.54, 1.807) is 6.07 Å². The summed E-state index contributed by atoms with van der Waals surface area (Å²) in [5, 5.41) is 3.13. The first-order chi connectivity index (χ1) is 9.36. The van der Waals surface area contributed by atoms with Crippen LogP contribution in [0.15, 0.2) is 42.5 Å². The van der Waals surface area contributed by atoms with Crippen LogP contribution in [-0.4, -0.2) is 6.98 Å². The molecule has 106 valence electrons. The van der Waals surface area contributed by atoms with Gasteiger partial charge in [-0.1, -0.05) is 41.5 Å². The van der Waals surface area contributed by atoms with Crippen LogP contribution in [-0.2, 0) is 6.54 Å². The molecule has 0 spiro atoms. The first-order valence-electron chi connectivity index (χ1n) is 6.46. The number of aryl methyl sites for hydroxylation is 2. The summed E-state index contributed by atoms with van der Waals surface area (Å²) in [6.45, 7) is -1.10. The number of benzene rings is 2. The van der Waals surface area contributed by atoms with Gasteiger partial charge in [-0.2, -0.15) is 0 Å². The number of anilines is 1. The number of hydrogen-bond donors (Lipinski definition) is 1. The van der Waals surface area contributed by atoms with Gasteiger partial charge in [-0.3, -0.25) is 0 Å². The predicted molar refractivity (Wildman–Crippen MR) is 78.4 cm³/mol. The zero-order chi connectivity index (χ0) is 14.8. The minimum absolute atomic E-state index is 0. The van der Waals surface area contributed by atoms with Gasteiger partial charge in [0.25, 0.3) is 0 Å². The molecule has 0 aliphatic rings. The first-order valence-corrected chi connectivity index (χ1v) is 6.46. The van der Waals surface area contributed by atoms with E-state index in [0.717, 1.165) is 11.3 Å². The second kappa shape index (κ2) is 7.83. The average Bonchev–Trinajstić information content (AvgIpc) is 2.38. The summed E-state index contributed by atoms with van der Waals surface area (Å²) in [5.41, 5.74) is 2.44. The molecule has 0 unspecified atom stereocenters. The van der Waals surface area contributed by atoms with Gasteiger partial charge >= 0.3 is 58.4 Å². The van der Waals surface area contributed by atoms with E-state index in [1.165, 1.54) is 19.1 Å². The Morgan fingerprint density at radius 2 is 1.57 bits per heavy atom. The summed E-state index contributed by atoms with van der Waals surface area (Å²) >= 11 is 0. The van der Waals surface area contributed by atoms with Crippen molar-refractivity contribution < 1.29 is 64.3 Å². The van der Waals surface area contributed by atoms with E-state index in [9.17, 15) is 12.9 Å². The Morgan fingerprint density at radius 1 is 0.952 bits per heavy atom. The summed E-state index contributed by atoms with van der Waals surface area (Å²) in [5.74, 6) is 0. The van der Waals surface area contributed by atoms with Crippen LogP contribution in [0, 0.1) is 13.8 Å². The number of hydrogen-bond acceptors (Lipinski definition) is 1. The van der Waals surface area contributed by atoms with Crippen LogP contribution in [0.25, 0.3) is 0 Å². The molecule has 0 aliphatic carbocycles. The van der Waals surface area contributed by atoms with Crippen molar-refractivity contribution in [2.45, 2.75) is 20.4 Å². The number of nitrogens with one attached hydrogen (secondary N) is 1. The third-order valence-electron chi connectivity index (χ3n) is 3.24. The third-order valence-corrected chi connectivity index (χ3v) is 3.24. The molecule has 2 aromatic rings. The van der Waals surface area contributed by atoms with E-state index >= 15 is 0 Å². The van der Waals surface area contributed by atoms with Crippen LogP contribution in [0.1, 0.15) is 16.7 Å². The van der Waals surface area contributed by atoms with Crippen LogP contribution in [0.5, 0.6) is 0 Å². The first kappa shape index (κ1) is 18.8. The molecule has 2 rings (SSSR count). The molecule has 0 bridgehead atoms. The van der Waals surface area contributed by atoms with Crippen LogP contribution < -0.4 is 62.2 Å². The fourth-order valence-electron chi connectivity index (χ4n) is 2.03. The molecule has 1 N–H and O–H groups in total. The summed E-state index contributed by atoms with van der Waals surface area (Å²) < 4.78 is 38.6. The van der Waals surface area contributed by atoms with Crippen molar-refractivity contribution in [1.82, 2.24) is 0 Å². The summed E-state index contributed by atoms with van der Waals surface area (Å²) in [6, 6.07) is 12.2. The average molecular weight is 317 g/mol. The second-order valence-corrected chi connectivity index (χ2v) is 4.99. The van der Waals surface area contributed by atoms with Crippen LogP contribution in [0.2, 0.25) is 0 Å². The Balaban J connectivity index is 0.00000220. The molecule has 0 aromatic heterocycles. The Morgan fingerprint density at radius 3 is 2.14 bits per heavy atom. The topological polar surface area (TPSA) is 12.0 Å². The van der Waals surface area contributed by atoms with Gasteiger partial charge in [-0.15, -0.1) is 5.46 Å². The third kappa shape index (κ3) is 5.45. The van der Waals surface area contributed by atoms with Gasteiger partial charge < -0.3 is 18.3 Å². The minimum atomic E-state index is -4.95. The quantitative estimate of drug-likeness (QED) is 0.829. The number of rotatable bonds is 4. The maximum Gasteiger partial charge on any atom is 1.00 e. The van der Waals surface area contributed by atoms with E-state index < -0.39 is 12.4 Å². The van der Waals surface area contributed by atoms with Gasteiger partial charge in [0.2, 0.25) is 0 Å². The molecule has 0 saturated heterocycles. The van der Waals surface area contributed by atoms with Crippen LogP contribution in [0.3, 0.4) is 0 Å². The zero-order valence-electron chi connectivity index (χ0n) is 12.5. The molecule has 0 heterocycles. The maximum absolute atomic E-state index is 12.9. The van der Waals surface area contributed by atoms with E-state index in [1.807, 2.05) is 31.2 Å². The molecule has 0 radical (unpaired) electrons. The molecule has 0 amide bonds. The van der Waals surface area contributed by atoms with Crippen molar-refractivity contribution in [1.29, 1.82) is 0 Å². The Hall–Kier alpha value is -0.269. The molecule has 0 saturated carbocycles. The standard InChI is InChI=1S/C15H16BF3N.K/c1-11-3-7-14(8-4-11)20-10-13-6-5-12(2)15(9-13)16(17,18)19;/h3-9,20H,10H2,1-2H3;/q-1;+1. The van der Waals surface area contributed by atoms with Crippen molar-refractivity contribution in [3.05, 3.63) is 59.2 Å². The maximum atomic E-state index is 12.9. The van der Waals surface area contributed by atoms with Crippen molar-refractivity contribution in [2.24, 2.45) is 0 Å². The summed E-state index contributed by atoms with van der Waals surface area (Å²) in [7, 11) is 0. The van der Waals surface area contributed by atoms with Crippen LogP contribution in [0.4, 0.5) is 18.6 Å². The van der Waals surface area contributed by atoms with Crippen molar-refractivity contribution in [3.8, 4) is 0 Å². The van der Waals surface area contributed by atoms with Crippen LogP contribution >= 0.6 is 0 Å². The molecular weight excluding hydrogens is 301 g/mol. The fourth-order valence-corrected chi connectivity index (χ4v) is 2.03. The zero-order valence-corrected chi connectivity index (χ0v) is 15.6. The number of halogens is 3. The largest absolute Gasteiger partial charge is 1.00 e. The van der Waals surface area contributed by atoms with Crippen molar-refractivity contribution in [2.75, 3.05) is 5.32 Å². The minimum Gasteiger partial charge on any atom is -0.445 e. The van der Waals surface area contributed by atoms with Gasteiger partial charge in [-0.05, 0) is 31.5 Å². The predicted octanol–water partition coefficient (Wildman–Crippen LogP) is 0.974. The summed E-state index contributed by atoms with van der Waals surface area (Å²) in [4.78, 5) is 0. The van der Waals surface area contributed by atoms with E-state index in [0.29, 0.717) is 12.1 Å². The molecule has 2 aromatic carbocycles. The normalized spacial score (nSPS) is 10.9. The molecule has 6 heteroatoms. The molecule has 0 aliphatic heterocycles. The van der Waals surface area contributed by atoms with Gasteiger partial charge in [0.1, 0.15) is 0 Å². The monoisotopic (exact) mass is 317 g/mol. The molecular formula is C15H16BF3KN. The van der Waals surface area contributed by atoms with Gasteiger partial charge in [0.05, 0.1) is 0 Å². The molecule has 21 heavy (non-hydrogen) atoms. The van der Waals surface area contributed by atoms with Gasteiger partial charge in [-0.25, -0.2) is 0 Å². The second-order valence-electron chi connectivity index (χ2n) is 4.99. The van der Waals surface area contributed by atoms with E-state index in [4.69, 9.17) is 0 Å². The van der Waals surface area contributed by atoms with Gasteiger partial charge in [0.15, 0.2) is 0 Å². The van der Waals surface area contributed by atoms with Crippen molar-refractivity contribution >= 4 is 18.1 Å². The van der Waals surface area contributed by atoms with E-state index in [2.05, 4.69) is 5.32 Å². The fraction of sp³-hybridized carbons (Fsp3) is 0.200.